The third-order valence-corrected chi connectivity index (χ3v) is 5.89. The van der Waals surface area contributed by atoms with Gasteiger partial charge < -0.3 is 10.4 Å². The van der Waals surface area contributed by atoms with Gasteiger partial charge in [0.15, 0.2) is 0 Å². The number of fused-ring (bicyclic) bond motifs is 2. The lowest BCUT2D eigenvalue weighted by Gasteiger charge is -2.31. The Morgan fingerprint density at radius 3 is 2.43 bits per heavy atom. The van der Waals surface area contributed by atoms with Crippen LogP contribution in [0.25, 0.3) is 0 Å². The van der Waals surface area contributed by atoms with Crippen molar-refractivity contribution in [3.05, 3.63) is 12.2 Å². The summed E-state index contributed by atoms with van der Waals surface area (Å²) in [5, 5.41) is 12.4. The van der Waals surface area contributed by atoms with Crippen molar-refractivity contribution >= 4 is 11.9 Å². The molecule has 0 spiro atoms. The zero-order valence-electron chi connectivity index (χ0n) is 12.6. The maximum Gasteiger partial charge on any atom is 0.307 e. The van der Waals surface area contributed by atoms with E-state index < -0.39 is 17.8 Å². The Morgan fingerprint density at radius 1 is 1.14 bits per heavy atom. The fraction of sp³-hybridized carbons (Fsp3) is 0.765. The van der Waals surface area contributed by atoms with Gasteiger partial charge in [-0.15, -0.1) is 0 Å². The van der Waals surface area contributed by atoms with E-state index in [0.29, 0.717) is 18.8 Å². The minimum atomic E-state index is -0.855. The molecular formula is C17H25NO3. The van der Waals surface area contributed by atoms with Crippen LogP contribution >= 0.6 is 0 Å². The molecule has 2 bridgehead atoms. The first-order chi connectivity index (χ1) is 10.1. The lowest BCUT2D eigenvalue weighted by Crippen LogP contribution is -2.46. The first-order valence-electron chi connectivity index (χ1n) is 8.24. The summed E-state index contributed by atoms with van der Waals surface area (Å²) in [7, 11) is 0. The van der Waals surface area contributed by atoms with Crippen LogP contribution in [0, 0.1) is 29.6 Å². The van der Waals surface area contributed by atoms with E-state index in [4.69, 9.17) is 0 Å². The van der Waals surface area contributed by atoms with Crippen LogP contribution in [0.1, 0.15) is 45.4 Å². The van der Waals surface area contributed by atoms with E-state index in [-0.39, 0.29) is 11.9 Å². The maximum absolute atomic E-state index is 12.5. The van der Waals surface area contributed by atoms with Crippen LogP contribution < -0.4 is 5.32 Å². The number of carbonyl (C=O) groups excluding carboxylic acids is 1. The Bertz CT molecular complexity index is 459. The standard InChI is InChI=1S/C17H25NO3/c1-10(15-9-11-6-7-12(15)8-11)18-16(19)13-4-2-3-5-14(13)17(20)21/h2-3,10-15H,4-9H2,1H3,(H,18,19)(H,20,21)/t10-,11-,12-,13+,14+,15+/m0/s1. The van der Waals surface area contributed by atoms with Gasteiger partial charge in [-0.05, 0) is 56.8 Å². The molecule has 0 heterocycles. The van der Waals surface area contributed by atoms with E-state index in [0.717, 1.165) is 11.8 Å². The van der Waals surface area contributed by atoms with Crippen LogP contribution in [0.15, 0.2) is 12.2 Å². The van der Waals surface area contributed by atoms with Crippen LogP contribution in [0.2, 0.25) is 0 Å². The molecule has 4 nitrogen and oxygen atoms in total. The number of rotatable bonds is 4. The molecule has 0 aliphatic heterocycles. The number of amides is 1. The molecule has 6 atom stereocenters. The fourth-order valence-corrected chi connectivity index (χ4v) is 4.72. The van der Waals surface area contributed by atoms with Gasteiger partial charge in [-0.1, -0.05) is 18.6 Å². The lowest BCUT2D eigenvalue weighted by atomic mass is 9.81. The molecule has 3 aliphatic carbocycles. The number of aliphatic carboxylic acids is 1. The zero-order valence-corrected chi connectivity index (χ0v) is 12.6. The summed E-state index contributed by atoms with van der Waals surface area (Å²) in [6, 6.07) is 0.174. The summed E-state index contributed by atoms with van der Waals surface area (Å²) < 4.78 is 0. The SMILES string of the molecule is C[C@H](NC(=O)[C@@H]1CC=CC[C@H]1C(=O)O)[C@H]1C[C@H]2CC[C@H]1C2. The summed E-state index contributed by atoms with van der Waals surface area (Å²) >= 11 is 0. The van der Waals surface area contributed by atoms with Gasteiger partial charge in [-0.3, -0.25) is 9.59 Å². The van der Waals surface area contributed by atoms with Gasteiger partial charge in [-0.25, -0.2) is 0 Å². The van der Waals surface area contributed by atoms with Crippen molar-refractivity contribution in [2.45, 2.75) is 51.5 Å². The molecule has 0 aromatic carbocycles. The molecule has 2 fully saturated rings. The minimum absolute atomic E-state index is 0.0676. The van der Waals surface area contributed by atoms with Crippen LogP contribution in [0.5, 0.6) is 0 Å². The second-order valence-electron chi connectivity index (χ2n) is 7.13. The molecule has 0 unspecified atom stereocenters. The van der Waals surface area contributed by atoms with Gasteiger partial charge in [0.25, 0.3) is 0 Å². The molecule has 2 N–H and O–H groups in total. The van der Waals surface area contributed by atoms with Gasteiger partial charge in [0, 0.05) is 6.04 Å². The number of hydrogen-bond donors (Lipinski definition) is 2. The van der Waals surface area contributed by atoms with Crippen LogP contribution in [-0.2, 0) is 9.59 Å². The summed E-state index contributed by atoms with van der Waals surface area (Å²) in [4.78, 5) is 23.8. The largest absolute Gasteiger partial charge is 0.481 e. The predicted octanol–water partition coefficient (Wildman–Crippen LogP) is 2.59. The van der Waals surface area contributed by atoms with Crippen LogP contribution in [0.3, 0.4) is 0 Å². The van der Waals surface area contributed by atoms with Gasteiger partial charge >= 0.3 is 5.97 Å². The van der Waals surface area contributed by atoms with Gasteiger partial charge in [-0.2, -0.15) is 0 Å². The highest BCUT2D eigenvalue weighted by Gasteiger charge is 2.43. The van der Waals surface area contributed by atoms with Gasteiger partial charge in [0.2, 0.25) is 5.91 Å². The molecule has 0 radical (unpaired) electrons. The van der Waals surface area contributed by atoms with E-state index in [2.05, 4.69) is 12.2 Å². The van der Waals surface area contributed by atoms with Gasteiger partial charge in [0.1, 0.15) is 0 Å². The number of carbonyl (C=O) groups is 2. The third kappa shape index (κ3) is 2.85. The number of nitrogens with one attached hydrogen (secondary N) is 1. The Hall–Kier alpha value is -1.32. The first-order valence-corrected chi connectivity index (χ1v) is 8.24. The Balaban J connectivity index is 1.60. The number of carboxylic acids is 1. The predicted molar refractivity (Wildman–Crippen MR) is 79.5 cm³/mol. The summed E-state index contributed by atoms with van der Waals surface area (Å²) in [5.41, 5.74) is 0. The van der Waals surface area contributed by atoms with E-state index in [1.54, 1.807) is 0 Å². The number of carboxylic acid groups (broad SMARTS) is 1. The van der Waals surface area contributed by atoms with Crippen molar-refractivity contribution in [2.24, 2.45) is 29.6 Å². The second kappa shape index (κ2) is 5.82. The Morgan fingerprint density at radius 2 is 1.86 bits per heavy atom. The second-order valence-corrected chi connectivity index (χ2v) is 7.13. The lowest BCUT2D eigenvalue weighted by molar-refractivity contribution is -0.147. The van der Waals surface area contributed by atoms with Crippen molar-refractivity contribution < 1.29 is 14.7 Å². The minimum Gasteiger partial charge on any atom is -0.481 e. The summed E-state index contributed by atoms with van der Waals surface area (Å²) in [6.45, 7) is 2.09. The van der Waals surface area contributed by atoms with E-state index >= 15 is 0 Å². The molecule has 21 heavy (non-hydrogen) atoms. The van der Waals surface area contributed by atoms with Crippen molar-refractivity contribution in [1.29, 1.82) is 0 Å². The first kappa shape index (κ1) is 14.6. The molecule has 116 valence electrons. The molecule has 0 aromatic rings. The number of hydrogen-bond acceptors (Lipinski definition) is 2. The number of allylic oxidation sites excluding steroid dienone is 2. The van der Waals surface area contributed by atoms with E-state index in [9.17, 15) is 14.7 Å². The summed E-state index contributed by atoms with van der Waals surface area (Å²) in [6.07, 6.45) is 10.1. The molecule has 3 rings (SSSR count). The molecule has 4 heteroatoms. The molecule has 0 saturated heterocycles. The molecule has 2 saturated carbocycles. The maximum atomic E-state index is 12.5. The van der Waals surface area contributed by atoms with E-state index in [1.165, 1.54) is 25.7 Å². The highest BCUT2D eigenvalue weighted by molar-refractivity contribution is 5.85. The average molecular weight is 291 g/mol. The Labute approximate surface area is 126 Å². The molecule has 1 amide bonds. The highest BCUT2D eigenvalue weighted by Crippen LogP contribution is 2.49. The highest BCUT2D eigenvalue weighted by atomic mass is 16.4. The monoisotopic (exact) mass is 291 g/mol. The molecule has 3 aliphatic rings. The smallest absolute Gasteiger partial charge is 0.307 e. The van der Waals surface area contributed by atoms with Crippen molar-refractivity contribution in [1.82, 2.24) is 5.32 Å². The van der Waals surface area contributed by atoms with Crippen LogP contribution in [0.4, 0.5) is 0 Å². The summed E-state index contributed by atoms with van der Waals surface area (Å²) in [5.74, 6) is 0.329. The average Bonchev–Trinajstić information content (AvgIpc) is 3.09. The Kier molecular flexibility index (Phi) is 4.05. The van der Waals surface area contributed by atoms with Crippen molar-refractivity contribution in [3.8, 4) is 0 Å². The quantitative estimate of drug-likeness (QED) is 0.782. The normalized spacial score (nSPS) is 39.2. The van der Waals surface area contributed by atoms with Gasteiger partial charge in [0.05, 0.1) is 11.8 Å². The van der Waals surface area contributed by atoms with E-state index in [1.807, 2.05) is 12.2 Å². The zero-order chi connectivity index (χ0) is 15.0. The molecular weight excluding hydrogens is 266 g/mol. The molecule has 0 aromatic heterocycles. The van der Waals surface area contributed by atoms with Crippen molar-refractivity contribution in [3.63, 3.8) is 0 Å². The topological polar surface area (TPSA) is 66.4 Å². The van der Waals surface area contributed by atoms with Crippen molar-refractivity contribution in [2.75, 3.05) is 0 Å². The third-order valence-electron chi connectivity index (χ3n) is 5.89. The van der Waals surface area contributed by atoms with Crippen LogP contribution in [-0.4, -0.2) is 23.0 Å². The fourth-order valence-electron chi connectivity index (χ4n) is 4.72.